The third-order valence-corrected chi connectivity index (χ3v) is 4.94. The standard InChI is InChI=1S/C20H23F2N3O3/c1-12-6-14(25-9-16(10-25)28-20(21)22)3-5-17(12)24-13-2-4-18-19(7-13)27-11-15(26)8-23-18/h2-7,15-16,20,23-24,26H,8-11H2,1H3. The van der Waals surface area contributed by atoms with E-state index in [0.717, 1.165) is 28.3 Å². The zero-order valence-electron chi connectivity index (χ0n) is 15.5. The summed E-state index contributed by atoms with van der Waals surface area (Å²) in [4.78, 5) is 2.01. The molecule has 0 aromatic heterocycles. The molecule has 28 heavy (non-hydrogen) atoms. The smallest absolute Gasteiger partial charge is 0.345 e. The summed E-state index contributed by atoms with van der Waals surface area (Å²) in [5, 5.41) is 16.2. The second-order valence-electron chi connectivity index (χ2n) is 7.10. The van der Waals surface area contributed by atoms with E-state index in [1.54, 1.807) is 0 Å². The molecule has 2 aromatic rings. The molecular formula is C20H23F2N3O3. The first-order valence-corrected chi connectivity index (χ1v) is 9.23. The molecule has 2 aromatic carbocycles. The van der Waals surface area contributed by atoms with Gasteiger partial charge >= 0.3 is 6.61 Å². The van der Waals surface area contributed by atoms with Crippen LogP contribution >= 0.6 is 0 Å². The Hall–Kier alpha value is -2.58. The van der Waals surface area contributed by atoms with E-state index in [-0.39, 0.29) is 6.61 Å². The number of hydrogen-bond acceptors (Lipinski definition) is 6. The normalized spacial score (nSPS) is 19.3. The topological polar surface area (TPSA) is 66.0 Å². The van der Waals surface area contributed by atoms with E-state index in [4.69, 9.17) is 4.74 Å². The van der Waals surface area contributed by atoms with Gasteiger partial charge < -0.3 is 30.1 Å². The van der Waals surface area contributed by atoms with E-state index in [1.165, 1.54) is 0 Å². The number of aryl methyl sites for hydroxylation is 1. The van der Waals surface area contributed by atoms with Crippen molar-refractivity contribution in [2.24, 2.45) is 0 Å². The van der Waals surface area contributed by atoms with Crippen LogP contribution in [0, 0.1) is 6.92 Å². The zero-order chi connectivity index (χ0) is 19.7. The minimum atomic E-state index is -2.72. The molecule has 3 N–H and O–H groups in total. The minimum absolute atomic E-state index is 0.253. The molecule has 8 heteroatoms. The van der Waals surface area contributed by atoms with Gasteiger partial charge in [-0.2, -0.15) is 8.78 Å². The summed E-state index contributed by atoms with van der Waals surface area (Å²) >= 11 is 0. The Balaban J connectivity index is 1.42. The predicted octanol–water partition coefficient (Wildman–Crippen LogP) is 3.33. The van der Waals surface area contributed by atoms with Gasteiger partial charge in [0.1, 0.15) is 18.5 Å². The number of nitrogens with one attached hydrogen (secondary N) is 2. The average molecular weight is 391 g/mol. The monoisotopic (exact) mass is 391 g/mol. The number of anilines is 4. The van der Waals surface area contributed by atoms with Crippen LogP contribution in [0.4, 0.5) is 31.5 Å². The van der Waals surface area contributed by atoms with Crippen LogP contribution in [0.25, 0.3) is 0 Å². The van der Waals surface area contributed by atoms with Crippen LogP contribution in [0.3, 0.4) is 0 Å². The lowest BCUT2D eigenvalue weighted by molar-refractivity contribution is -0.167. The summed E-state index contributed by atoms with van der Waals surface area (Å²) in [6.45, 7) is 0.929. The van der Waals surface area contributed by atoms with Gasteiger partial charge in [-0.3, -0.25) is 0 Å². The number of nitrogens with zero attached hydrogens (tertiary/aromatic N) is 1. The van der Waals surface area contributed by atoms with Gasteiger partial charge in [0, 0.05) is 42.8 Å². The Morgan fingerprint density at radius 1 is 1.25 bits per heavy atom. The Kier molecular flexibility index (Phi) is 5.23. The number of aliphatic hydroxyl groups excluding tert-OH is 1. The van der Waals surface area contributed by atoms with Crippen LogP contribution in [0.2, 0.25) is 0 Å². The maximum Gasteiger partial charge on any atom is 0.345 e. The molecule has 0 saturated carbocycles. The van der Waals surface area contributed by atoms with Gasteiger partial charge in [0.25, 0.3) is 0 Å². The Bertz CT molecular complexity index is 843. The number of halogens is 2. The third-order valence-electron chi connectivity index (χ3n) is 4.94. The second kappa shape index (κ2) is 7.81. The molecule has 2 aliphatic heterocycles. The number of aliphatic hydroxyl groups is 1. The number of rotatable bonds is 5. The molecule has 1 unspecified atom stereocenters. The number of hydrogen-bond donors (Lipinski definition) is 3. The van der Waals surface area contributed by atoms with Crippen LogP contribution < -0.4 is 20.3 Å². The van der Waals surface area contributed by atoms with Gasteiger partial charge in [0.15, 0.2) is 0 Å². The molecule has 1 saturated heterocycles. The summed E-state index contributed by atoms with van der Waals surface area (Å²) < 4.78 is 34.6. The van der Waals surface area contributed by atoms with Crippen molar-refractivity contribution in [3.63, 3.8) is 0 Å². The van der Waals surface area contributed by atoms with Crippen LogP contribution in [-0.2, 0) is 4.74 Å². The highest BCUT2D eigenvalue weighted by Crippen LogP contribution is 2.33. The highest BCUT2D eigenvalue weighted by atomic mass is 19.3. The summed E-state index contributed by atoms with van der Waals surface area (Å²) in [6, 6.07) is 11.7. The van der Waals surface area contributed by atoms with E-state index < -0.39 is 18.8 Å². The van der Waals surface area contributed by atoms with Crippen molar-refractivity contribution < 1.29 is 23.4 Å². The predicted molar refractivity (Wildman–Crippen MR) is 104 cm³/mol. The van der Waals surface area contributed by atoms with Gasteiger partial charge in [0.05, 0.1) is 11.8 Å². The molecule has 1 fully saturated rings. The van der Waals surface area contributed by atoms with E-state index >= 15 is 0 Å². The fourth-order valence-electron chi connectivity index (χ4n) is 3.36. The molecule has 0 spiro atoms. The number of β-amino-alcohol motifs (C(OH)–C–C–N with tert-alkyl or cyclic N) is 1. The van der Waals surface area contributed by atoms with E-state index in [0.29, 0.717) is 25.4 Å². The molecule has 0 amide bonds. The van der Waals surface area contributed by atoms with Crippen molar-refractivity contribution in [1.82, 2.24) is 0 Å². The third kappa shape index (κ3) is 4.13. The van der Waals surface area contributed by atoms with E-state index in [9.17, 15) is 13.9 Å². The van der Waals surface area contributed by atoms with Crippen LogP contribution in [0.5, 0.6) is 5.75 Å². The summed E-state index contributed by atoms with van der Waals surface area (Å²) in [5.41, 5.74) is 4.71. The lowest BCUT2D eigenvalue weighted by Gasteiger charge is -2.40. The lowest BCUT2D eigenvalue weighted by atomic mass is 10.1. The molecule has 0 radical (unpaired) electrons. The number of fused-ring (bicyclic) bond motifs is 1. The summed E-state index contributed by atoms with van der Waals surface area (Å²) in [7, 11) is 0. The fraction of sp³-hybridized carbons (Fsp3) is 0.400. The first-order valence-electron chi connectivity index (χ1n) is 9.23. The van der Waals surface area contributed by atoms with Crippen LogP contribution in [-0.4, -0.2) is 50.2 Å². The minimum Gasteiger partial charge on any atom is -0.489 e. The van der Waals surface area contributed by atoms with Crippen molar-refractivity contribution >= 4 is 22.7 Å². The zero-order valence-corrected chi connectivity index (χ0v) is 15.5. The van der Waals surface area contributed by atoms with Gasteiger partial charge in [-0.05, 0) is 42.8 Å². The van der Waals surface area contributed by atoms with E-state index in [2.05, 4.69) is 15.4 Å². The largest absolute Gasteiger partial charge is 0.489 e. The van der Waals surface area contributed by atoms with Gasteiger partial charge in [0.2, 0.25) is 0 Å². The summed E-state index contributed by atoms with van der Waals surface area (Å²) in [6.07, 6.45) is -0.949. The average Bonchev–Trinajstić information content (AvgIpc) is 2.81. The second-order valence-corrected chi connectivity index (χ2v) is 7.10. The fourth-order valence-corrected chi connectivity index (χ4v) is 3.36. The highest BCUT2D eigenvalue weighted by Gasteiger charge is 2.30. The SMILES string of the molecule is Cc1cc(N2CC(OC(F)F)C2)ccc1Nc1ccc2c(c1)OCC(O)CN2. The molecule has 0 aliphatic carbocycles. The van der Waals surface area contributed by atoms with Gasteiger partial charge in [-0.1, -0.05) is 0 Å². The molecule has 1 atom stereocenters. The van der Waals surface area contributed by atoms with Crippen molar-refractivity contribution in [2.45, 2.75) is 25.7 Å². The maximum atomic E-state index is 12.2. The maximum absolute atomic E-state index is 12.2. The number of benzene rings is 2. The summed E-state index contributed by atoms with van der Waals surface area (Å²) in [5.74, 6) is 0.696. The Morgan fingerprint density at radius 2 is 2.07 bits per heavy atom. The molecule has 2 aliphatic rings. The van der Waals surface area contributed by atoms with Crippen LogP contribution in [0.1, 0.15) is 5.56 Å². The molecule has 6 nitrogen and oxygen atoms in total. The van der Waals surface area contributed by atoms with Crippen molar-refractivity contribution in [3.8, 4) is 5.75 Å². The lowest BCUT2D eigenvalue weighted by Crippen LogP contribution is -2.53. The van der Waals surface area contributed by atoms with Gasteiger partial charge in [-0.15, -0.1) is 0 Å². The van der Waals surface area contributed by atoms with Crippen molar-refractivity contribution in [2.75, 3.05) is 41.8 Å². The van der Waals surface area contributed by atoms with Crippen molar-refractivity contribution in [1.29, 1.82) is 0 Å². The molecule has 4 rings (SSSR count). The van der Waals surface area contributed by atoms with Crippen molar-refractivity contribution in [3.05, 3.63) is 42.0 Å². The number of ether oxygens (including phenoxy) is 2. The molecule has 0 bridgehead atoms. The molecular weight excluding hydrogens is 368 g/mol. The molecule has 2 heterocycles. The van der Waals surface area contributed by atoms with Gasteiger partial charge in [-0.25, -0.2) is 0 Å². The first kappa shape index (κ1) is 18.8. The first-order chi connectivity index (χ1) is 13.5. The van der Waals surface area contributed by atoms with Crippen LogP contribution in [0.15, 0.2) is 36.4 Å². The Morgan fingerprint density at radius 3 is 2.82 bits per heavy atom. The quantitative estimate of drug-likeness (QED) is 0.727. The van der Waals surface area contributed by atoms with E-state index in [1.807, 2.05) is 48.2 Å². The highest BCUT2D eigenvalue weighted by molar-refractivity contribution is 5.71. The molecule has 150 valence electrons. The number of alkyl halides is 2. The Labute approximate surface area is 162 Å².